The van der Waals surface area contributed by atoms with Gasteiger partial charge in [0, 0.05) is 37.0 Å². The van der Waals surface area contributed by atoms with Gasteiger partial charge in [-0.3, -0.25) is 0 Å². The SMILES string of the molecule is CC(C)[C@]1(C(=O)[O-])C[C@@H](O)[C@@H](C)C([C@H](O)[C@@H](CO)O[C@]2(C(=O)[O-])C[C@@H](O)[C@@H](C)C([C@H](O)[C@H](O)CO)O2)O1.CC(C)[C@]1(C(=O)[O-])C[C@@H](O)[C@@H](C)C([C@H](O)[C@H](O)CO)O1.[Na+].[Na+].[Na+]. The van der Waals surface area contributed by atoms with Gasteiger partial charge in [-0.05, 0) is 11.8 Å². The van der Waals surface area contributed by atoms with Gasteiger partial charge in [0.25, 0.3) is 0 Å². The Balaban J connectivity index is 0. The van der Waals surface area contributed by atoms with Crippen molar-refractivity contribution in [2.75, 3.05) is 19.8 Å². The van der Waals surface area contributed by atoms with E-state index in [1.807, 2.05) is 0 Å². The van der Waals surface area contributed by atoms with Crippen LogP contribution in [0.25, 0.3) is 0 Å². The fraction of sp³-hybridized carbons (Fsp3) is 0.917. The molecule has 3 aliphatic rings. The van der Waals surface area contributed by atoms with Crippen LogP contribution in [0.3, 0.4) is 0 Å². The molecule has 60 heavy (non-hydrogen) atoms. The number of carboxylic acid groups (broad SMARTS) is 3. The number of aliphatic hydroxyl groups is 11. The van der Waals surface area contributed by atoms with Crippen molar-refractivity contribution in [3.05, 3.63) is 0 Å². The normalized spacial score (nSPS) is 37.3. The van der Waals surface area contributed by atoms with Crippen LogP contribution in [0.2, 0.25) is 0 Å². The first-order chi connectivity index (χ1) is 26.2. The molecule has 0 amide bonds. The van der Waals surface area contributed by atoms with Gasteiger partial charge in [-0.1, -0.05) is 48.5 Å². The van der Waals surface area contributed by atoms with Crippen molar-refractivity contribution in [3.63, 3.8) is 0 Å². The molecular weight excluding hydrogens is 837 g/mol. The van der Waals surface area contributed by atoms with Crippen LogP contribution < -0.4 is 104 Å². The number of carbonyl (C=O) groups is 3. The molecule has 3 unspecified atom stereocenters. The summed E-state index contributed by atoms with van der Waals surface area (Å²) in [5, 5.41) is 146. The molecule has 334 valence electrons. The quantitative estimate of drug-likeness (QED) is 0.0641. The van der Waals surface area contributed by atoms with Crippen molar-refractivity contribution in [2.24, 2.45) is 29.6 Å². The summed E-state index contributed by atoms with van der Waals surface area (Å²) in [5.74, 6) is -11.6. The van der Waals surface area contributed by atoms with E-state index in [1.165, 1.54) is 27.7 Å². The monoisotopic (exact) mass is 898 g/mol. The van der Waals surface area contributed by atoms with E-state index in [0.29, 0.717) is 0 Å². The summed E-state index contributed by atoms with van der Waals surface area (Å²) in [5.41, 5.74) is -3.74. The molecule has 3 heterocycles. The molecule has 3 fully saturated rings. The summed E-state index contributed by atoms with van der Waals surface area (Å²) in [6.07, 6.45) is -19.6. The van der Waals surface area contributed by atoms with E-state index in [9.17, 15) is 75.7 Å². The van der Waals surface area contributed by atoms with Gasteiger partial charge in [0.1, 0.15) is 53.8 Å². The number of hydrogen-bond acceptors (Lipinski definition) is 21. The first-order valence-corrected chi connectivity index (χ1v) is 18.9. The van der Waals surface area contributed by atoms with Crippen molar-refractivity contribution in [1.29, 1.82) is 0 Å². The van der Waals surface area contributed by atoms with Crippen LogP contribution in [0.1, 0.15) is 67.7 Å². The number of carbonyl (C=O) groups excluding carboxylic acids is 3. The standard InChI is InChI=1S/C23H40O14.C13H24O7.3Na/c1-9(2)22(20(31)32)5-12(26)10(3)19(36-22)17(30)15(8-25)35-23(21(33)34)6-13(27)11(4)18(37-23)16(29)14(28)7-24;1-6(2)13(12(18)19)4-8(15)7(3)11(20-13)10(17)9(16)5-14;;;/h9-19,24-30H,5-8H2,1-4H3,(H,31,32)(H,33,34);6-11,14-17H,4-5H2,1-3H3,(H,18,19);;;/q;;3*+1/p-3/t10-,11-,12-,13-,14-,15-,16-,17-,18?,19?,22+,23-;7-,8-,9-,10-,11?,13+;;;/m11.../s1. The number of carboxylic acids is 3. The first kappa shape index (κ1) is 62.9. The fourth-order valence-electron chi connectivity index (χ4n) is 7.48. The largest absolute Gasteiger partial charge is 1.00 e. The molecule has 3 aliphatic heterocycles. The molecular formula is C36H61Na3O21. The first-order valence-electron chi connectivity index (χ1n) is 18.9. The van der Waals surface area contributed by atoms with Crippen LogP contribution in [0.15, 0.2) is 0 Å². The fourth-order valence-corrected chi connectivity index (χ4v) is 7.48. The van der Waals surface area contributed by atoms with Gasteiger partial charge < -0.3 is 105 Å². The smallest absolute Gasteiger partial charge is 0.547 e. The van der Waals surface area contributed by atoms with Gasteiger partial charge in [0.2, 0.25) is 5.79 Å². The van der Waals surface area contributed by atoms with E-state index in [1.54, 1.807) is 20.8 Å². The maximum absolute atomic E-state index is 12.2. The second-order valence-electron chi connectivity index (χ2n) is 16.2. The average Bonchev–Trinajstić information content (AvgIpc) is 3.15. The molecule has 0 aromatic carbocycles. The van der Waals surface area contributed by atoms with Crippen molar-refractivity contribution >= 4 is 17.9 Å². The Morgan fingerprint density at radius 2 is 0.883 bits per heavy atom. The molecule has 0 saturated carbocycles. The number of rotatable bonds is 16. The van der Waals surface area contributed by atoms with Gasteiger partial charge >= 0.3 is 88.7 Å². The Morgan fingerprint density at radius 1 is 0.567 bits per heavy atom. The molecule has 0 bridgehead atoms. The Hall–Kier alpha value is 0.810. The van der Waals surface area contributed by atoms with Crippen LogP contribution in [0, 0.1) is 29.6 Å². The molecule has 0 aliphatic carbocycles. The molecule has 18 atom stereocenters. The molecule has 0 aromatic heterocycles. The number of ether oxygens (including phenoxy) is 4. The van der Waals surface area contributed by atoms with Crippen molar-refractivity contribution < 1.29 is 193 Å². The summed E-state index contributed by atoms with van der Waals surface area (Å²) in [4.78, 5) is 35.6. The van der Waals surface area contributed by atoms with Gasteiger partial charge in [0.05, 0.1) is 68.4 Å². The summed E-state index contributed by atoms with van der Waals surface area (Å²) >= 11 is 0. The van der Waals surface area contributed by atoms with Crippen LogP contribution >= 0.6 is 0 Å². The topological polar surface area (TPSA) is 380 Å². The summed E-state index contributed by atoms with van der Waals surface area (Å²) in [6.45, 7) is 8.05. The van der Waals surface area contributed by atoms with Crippen molar-refractivity contribution in [3.8, 4) is 0 Å². The summed E-state index contributed by atoms with van der Waals surface area (Å²) in [6, 6.07) is 0. The maximum Gasteiger partial charge on any atom is 1.00 e. The molecule has 3 rings (SSSR count). The molecule has 0 spiro atoms. The van der Waals surface area contributed by atoms with E-state index in [0.717, 1.165) is 0 Å². The Labute approximate surface area is 415 Å². The van der Waals surface area contributed by atoms with Gasteiger partial charge in [-0.2, -0.15) is 0 Å². The Bertz CT molecular complexity index is 1340. The minimum absolute atomic E-state index is 0. The molecule has 11 N–H and O–H groups in total. The second-order valence-corrected chi connectivity index (χ2v) is 16.2. The van der Waals surface area contributed by atoms with Gasteiger partial charge in [-0.25, -0.2) is 0 Å². The van der Waals surface area contributed by atoms with Gasteiger partial charge in [0.15, 0.2) is 0 Å². The van der Waals surface area contributed by atoms with E-state index >= 15 is 0 Å². The zero-order chi connectivity index (χ0) is 44.1. The number of aliphatic carboxylic acids is 3. The average molecular weight is 899 g/mol. The van der Waals surface area contributed by atoms with Crippen molar-refractivity contribution in [1.82, 2.24) is 0 Å². The molecule has 3 saturated heterocycles. The third-order valence-electron chi connectivity index (χ3n) is 11.8. The van der Waals surface area contributed by atoms with Gasteiger partial charge in [-0.15, -0.1) is 0 Å². The minimum Gasteiger partial charge on any atom is -0.547 e. The van der Waals surface area contributed by atoms with Crippen LogP contribution in [0.4, 0.5) is 0 Å². The minimum atomic E-state index is -2.85. The van der Waals surface area contributed by atoms with E-state index < -0.39 is 164 Å². The van der Waals surface area contributed by atoms with E-state index in [4.69, 9.17) is 29.2 Å². The van der Waals surface area contributed by atoms with E-state index in [2.05, 4.69) is 0 Å². The second kappa shape index (κ2) is 26.2. The summed E-state index contributed by atoms with van der Waals surface area (Å²) < 4.78 is 22.2. The predicted molar refractivity (Wildman–Crippen MR) is 183 cm³/mol. The zero-order valence-electron chi connectivity index (χ0n) is 36.1. The Kier molecular flexibility index (Phi) is 27.5. The summed E-state index contributed by atoms with van der Waals surface area (Å²) in [7, 11) is 0. The zero-order valence-corrected chi connectivity index (χ0v) is 42.1. The molecule has 0 radical (unpaired) electrons. The number of hydrogen-bond donors (Lipinski definition) is 11. The molecule has 21 nitrogen and oxygen atoms in total. The third-order valence-corrected chi connectivity index (χ3v) is 11.8. The van der Waals surface area contributed by atoms with E-state index in [-0.39, 0.29) is 102 Å². The van der Waals surface area contributed by atoms with Crippen LogP contribution in [0.5, 0.6) is 0 Å². The van der Waals surface area contributed by atoms with Crippen LogP contribution in [-0.4, -0.2) is 184 Å². The molecule has 24 heteroatoms. The maximum atomic E-state index is 12.2. The third kappa shape index (κ3) is 13.7. The van der Waals surface area contributed by atoms with Crippen molar-refractivity contribution in [2.45, 2.75) is 158 Å². The molecule has 0 aromatic rings. The predicted octanol–water partition coefficient (Wildman–Crippen LogP) is -16.8. The Morgan fingerprint density at radius 3 is 1.17 bits per heavy atom. The van der Waals surface area contributed by atoms with Crippen LogP contribution in [-0.2, 0) is 33.3 Å². The number of aliphatic hydroxyl groups excluding tert-OH is 11.